The largest absolute Gasteiger partial charge is 0.405 e. The van der Waals surface area contributed by atoms with Crippen molar-refractivity contribution in [2.75, 3.05) is 32.7 Å². The molecule has 2 heterocycles. The average molecular weight is 319 g/mol. The summed E-state index contributed by atoms with van der Waals surface area (Å²) >= 11 is 0. The van der Waals surface area contributed by atoms with E-state index < -0.39 is 24.7 Å². The van der Waals surface area contributed by atoms with Crippen LogP contribution in [0.5, 0.6) is 0 Å². The molecule has 0 saturated carbocycles. The fourth-order valence-electron chi connectivity index (χ4n) is 2.45. The Bertz CT molecular complexity index is 522. The van der Waals surface area contributed by atoms with Crippen LogP contribution in [0.25, 0.3) is 0 Å². The van der Waals surface area contributed by atoms with E-state index in [0.29, 0.717) is 37.4 Å². The van der Waals surface area contributed by atoms with Gasteiger partial charge in [-0.15, -0.1) is 0 Å². The Balaban J connectivity index is 2.02. The Morgan fingerprint density at radius 1 is 1.45 bits per heavy atom. The number of hydrogen-bond donors (Lipinski definition) is 2. The predicted molar refractivity (Wildman–Crippen MR) is 74.6 cm³/mol. The molecule has 1 aliphatic heterocycles. The van der Waals surface area contributed by atoms with Crippen molar-refractivity contribution in [1.82, 2.24) is 25.3 Å². The summed E-state index contributed by atoms with van der Waals surface area (Å²) in [5.74, 6) is -0.532. The number of halogens is 3. The van der Waals surface area contributed by atoms with Crippen LogP contribution < -0.4 is 10.6 Å². The first-order valence-electron chi connectivity index (χ1n) is 7.09. The summed E-state index contributed by atoms with van der Waals surface area (Å²) in [6.07, 6.45) is -3.02. The van der Waals surface area contributed by atoms with Gasteiger partial charge in [0, 0.05) is 45.5 Å². The molecule has 0 aliphatic carbocycles. The highest BCUT2D eigenvalue weighted by Crippen LogP contribution is 2.24. The van der Waals surface area contributed by atoms with Gasteiger partial charge in [-0.25, -0.2) is 0 Å². The lowest BCUT2D eigenvalue weighted by Gasteiger charge is -2.35. The van der Waals surface area contributed by atoms with E-state index in [2.05, 4.69) is 15.7 Å². The van der Waals surface area contributed by atoms with Crippen LogP contribution in [0.15, 0.2) is 6.20 Å². The lowest BCUT2D eigenvalue weighted by Crippen LogP contribution is -2.57. The molecule has 0 radical (unpaired) electrons. The zero-order chi connectivity index (χ0) is 16.3. The van der Waals surface area contributed by atoms with Crippen molar-refractivity contribution in [3.63, 3.8) is 0 Å². The molecule has 9 heteroatoms. The Hall–Kier alpha value is -1.61. The molecule has 1 fully saturated rings. The monoisotopic (exact) mass is 319 g/mol. The van der Waals surface area contributed by atoms with E-state index >= 15 is 0 Å². The van der Waals surface area contributed by atoms with Crippen LogP contribution in [0, 0.1) is 6.92 Å². The molecule has 2 rings (SSSR count). The van der Waals surface area contributed by atoms with E-state index in [0.717, 1.165) is 0 Å². The van der Waals surface area contributed by atoms with E-state index in [4.69, 9.17) is 0 Å². The molecule has 0 spiro atoms. The molecule has 1 amide bonds. The summed E-state index contributed by atoms with van der Waals surface area (Å²) in [6.45, 7) is 2.89. The second kappa shape index (κ2) is 6.66. The standard InChI is InChI=1S/C13H20F3N5O/c1-9-10(7-19-20(9)2)12(22)18-8-11(13(14,15)16)21-5-3-17-4-6-21/h7,11,17H,3-6,8H2,1-2H3,(H,18,22). The fraction of sp³-hybridized carbons (Fsp3) is 0.692. The van der Waals surface area contributed by atoms with E-state index in [1.54, 1.807) is 14.0 Å². The van der Waals surface area contributed by atoms with Gasteiger partial charge in [0.2, 0.25) is 0 Å². The van der Waals surface area contributed by atoms with Gasteiger partial charge in [-0.3, -0.25) is 14.4 Å². The highest BCUT2D eigenvalue weighted by molar-refractivity contribution is 5.95. The van der Waals surface area contributed by atoms with Gasteiger partial charge in [0.1, 0.15) is 6.04 Å². The molecule has 1 aliphatic rings. The van der Waals surface area contributed by atoms with Crippen LogP contribution in [0.3, 0.4) is 0 Å². The third kappa shape index (κ3) is 3.77. The maximum atomic E-state index is 13.2. The number of aryl methyl sites for hydroxylation is 1. The minimum absolute atomic E-state index is 0.295. The Morgan fingerprint density at radius 2 is 2.09 bits per heavy atom. The first kappa shape index (κ1) is 16.8. The third-order valence-corrected chi connectivity index (χ3v) is 3.91. The number of hydrogen-bond acceptors (Lipinski definition) is 4. The van der Waals surface area contributed by atoms with Crippen molar-refractivity contribution in [2.24, 2.45) is 7.05 Å². The van der Waals surface area contributed by atoms with Crippen molar-refractivity contribution in [3.05, 3.63) is 17.5 Å². The lowest BCUT2D eigenvalue weighted by molar-refractivity contribution is -0.183. The highest BCUT2D eigenvalue weighted by Gasteiger charge is 2.43. The number of rotatable bonds is 4. The number of piperazine rings is 1. The zero-order valence-corrected chi connectivity index (χ0v) is 12.6. The van der Waals surface area contributed by atoms with E-state index in [9.17, 15) is 18.0 Å². The molecule has 2 N–H and O–H groups in total. The fourth-order valence-corrected chi connectivity index (χ4v) is 2.45. The number of carbonyl (C=O) groups excluding carboxylic acids is 1. The SMILES string of the molecule is Cc1c(C(=O)NCC(N2CCNCC2)C(F)(F)F)cnn1C. The van der Waals surface area contributed by atoms with E-state index in [1.165, 1.54) is 15.8 Å². The number of alkyl halides is 3. The number of nitrogens with zero attached hydrogens (tertiary/aromatic N) is 3. The molecule has 1 aromatic heterocycles. The third-order valence-electron chi connectivity index (χ3n) is 3.91. The van der Waals surface area contributed by atoms with Gasteiger partial charge in [0.25, 0.3) is 5.91 Å². The molecular weight excluding hydrogens is 299 g/mol. The highest BCUT2D eigenvalue weighted by atomic mass is 19.4. The summed E-state index contributed by atoms with van der Waals surface area (Å²) in [6, 6.07) is -1.67. The predicted octanol–water partition coefficient (Wildman–Crippen LogP) is 0.294. The van der Waals surface area contributed by atoms with Gasteiger partial charge in [-0.1, -0.05) is 0 Å². The Kier molecular flexibility index (Phi) is 5.07. The van der Waals surface area contributed by atoms with Crippen LogP contribution in [-0.4, -0.2) is 65.5 Å². The normalized spacial score (nSPS) is 18.2. The number of amides is 1. The van der Waals surface area contributed by atoms with E-state index in [1.807, 2.05) is 0 Å². The number of aromatic nitrogens is 2. The van der Waals surface area contributed by atoms with Gasteiger partial charge >= 0.3 is 6.18 Å². The van der Waals surface area contributed by atoms with Crippen molar-refractivity contribution in [3.8, 4) is 0 Å². The summed E-state index contributed by atoms with van der Waals surface area (Å²) in [4.78, 5) is 13.4. The summed E-state index contributed by atoms with van der Waals surface area (Å²) in [5, 5.41) is 9.32. The van der Waals surface area contributed by atoms with Crippen LogP contribution in [0.2, 0.25) is 0 Å². The topological polar surface area (TPSA) is 62.2 Å². The molecule has 1 atom stereocenters. The van der Waals surface area contributed by atoms with E-state index in [-0.39, 0.29) is 0 Å². The molecule has 1 aromatic rings. The molecule has 124 valence electrons. The average Bonchev–Trinajstić information content (AvgIpc) is 2.79. The van der Waals surface area contributed by atoms with Crippen molar-refractivity contribution >= 4 is 5.91 Å². The second-order valence-corrected chi connectivity index (χ2v) is 5.32. The second-order valence-electron chi connectivity index (χ2n) is 5.32. The summed E-state index contributed by atoms with van der Waals surface area (Å²) < 4.78 is 41.1. The Morgan fingerprint density at radius 3 is 2.59 bits per heavy atom. The van der Waals surface area contributed by atoms with Crippen LogP contribution in [0.1, 0.15) is 16.1 Å². The molecular formula is C13H20F3N5O. The zero-order valence-electron chi connectivity index (χ0n) is 12.6. The lowest BCUT2D eigenvalue weighted by atomic mass is 10.2. The first-order chi connectivity index (χ1) is 10.3. The molecule has 0 aromatic carbocycles. The van der Waals surface area contributed by atoms with Gasteiger partial charge in [0.05, 0.1) is 11.8 Å². The first-order valence-corrected chi connectivity index (χ1v) is 7.09. The van der Waals surface area contributed by atoms with Crippen molar-refractivity contribution < 1.29 is 18.0 Å². The molecule has 1 unspecified atom stereocenters. The van der Waals surface area contributed by atoms with Gasteiger partial charge in [-0.05, 0) is 6.92 Å². The van der Waals surface area contributed by atoms with Gasteiger partial charge in [0.15, 0.2) is 0 Å². The van der Waals surface area contributed by atoms with Crippen LogP contribution in [0.4, 0.5) is 13.2 Å². The van der Waals surface area contributed by atoms with Gasteiger partial charge < -0.3 is 10.6 Å². The Labute approximate surface area is 126 Å². The number of nitrogens with one attached hydrogen (secondary N) is 2. The van der Waals surface area contributed by atoms with Crippen molar-refractivity contribution in [2.45, 2.75) is 19.1 Å². The van der Waals surface area contributed by atoms with Crippen LogP contribution >= 0.6 is 0 Å². The smallest absolute Gasteiger partial charge is 0.350 e. The maximum Gasteiger partial charge on any atom is 0.405 e. The molecule has 22 heavy (non-hydrogen) atoms. The molecule has 6 nitrogen and oxygen atoms in total. The number of carbonyl (C=O) groups is 1. The van der Waals surface area contributed by atoms with Crippen LogP contribution in [-0.2, 0) is 7.05 Å². The minimum atomic E-state index is -4.38. The summed E-state index contributed by atoms with van der Waals surface area (Å²) in [7, 11) is 1.67. The van der Waals surface area contributed by atoms with Crippen molar-refractivity contribution in [1.29, 1.82) is 0 Å². The molecule has 1 saturated heterocycles. The quantitative estimate of drug-likeness (QED) is 0.838. The minimum Gasteiger partial charge on any atom is -0.350 e. The van der Waals surface area contributed by atoms with Gasteiger partial charge in [-0.2, -0.15) is 18.3 Å². The summed E-state index contributed by atoms with van der Waals surface area (Å²) in [5.41, 5.74) is 0.909. The maximum absolute atomic E-state index is 13.2. The molecule has 0 bridgehead atoms.